The molecule has 5 nitrogen and oxygen atoms in total. The standard InChI is InChI=1S/C17H23N3O2/c1-20(2)13-14-4-6-16(7-5-14)22-11-3-9-18-17-12-15(21)8-10-19-17/h4-8,10,12H,3,9,11,13H2,1-2H3,(H2,18,19,21). The van der Waals surface area contributed by atoms with E-state index in [0.29, 0.717) is 6.61 Å². The van der Waals surface area contributed by atoms with Gasteiger partial charge in [0, 0.05) is 31.4 Å². The Morgan fingerprint density at radius 2 is 1.95 bits per heavy atom. The summed E-state index contributed by atoms with van der Waals surface area (Å²) in [4.78, 5) is 16.3. The van der Waals surface area contributed by atoms with Crippen molar-refractivity contribution in [1.29, 1.82) is 0 Å². The van der Waals surface area contributed by atoms with E-state index in [1.165, 1.54) is 11.6 Å². The Morgan fingerprint density at radius 1 is 1.18 bits per heavy atom. The van der Waals surface area contributed by atoms with E-state index in [4.69, 9.17) is 4.74 Å². The van der Waals surface area contributed by atoms with Crippen molar-refractivity contribution < 1.29 is 4.74 Å². The van der Waals surface area contributed by atoms with Crippen molar-refractivity contribution in [1.82, 2.24) is 9.88 Å². The number of aromatic amines is 1. The van der Waals surface area contributed by atoms with Crippen molar-refractivity contribution in [3.8, 4) is 5.75 Å². The first kappa shape index (κ1) is 16.1. The van der Waals surface area contributed by atoms with Crippen LogP contribution < -0.4 is 15.5 Å². The molecule has 2 rings (SSSR count). The number of H-pyrrole nitrogens is 1. The number of benzene rings is 1. The van der Waals surface area contributed by atoms with Gasteiger partial charge in [-0.15, -0.1) is 0 Å². The topological polar surface area (TPSA) is 57.4 Å². The molecule has 118 valence electrons. The van der Waals surface area contributed by atoms with Crippen molar-refractivity contribution in [2.45, 2.75) is 13.0 Å². The van der Waals surface area contributed by atoms with Crippen LogP contribution in [0.5, 0.6) is 5.75 Å². The molecule has 1 heterocycles. The highest BCUT2D eigenvalue weighted by Crippen LogP contribution is 2.13. The van der Waals surface area contributed by atoms with Crippen molar-refractivity contribution in [2.24, 2.45) is 0 Å². The van der Waals surface area contributed by atoms with Gasteiger partial charge in [0.15, 0.2) is 5.43 Å². The SMILES string of the molecule is CN(C)Cc1ccc(OCCCNc2cc(=O)cc[nH]2)cc1. The number of hydrogen-bond donors (Lipinski definition) is 2. The van der Waals surface area contributed by atoms with E-state index in [1.54, 1.807) is 12.3 Å². The van der Waals surface area contributed by atoms with Crippen LogP contribution in [0.4, 0.5) is 5.82 Å². The summed E-state index contributed by atoms with van der Waals surface area (Å²) in [7, 11) is 4.11. The van der Waals surface area contributed by atoms with E-state index in [-0.39, 0.29) is 5.43 Å². The summed E-state index contributed by atoms with van der Waals surface area (Å²) in [5.74, 6) is 1.62. The van der Waals surface area contributed by atoms with Gasteiger partial charge in [-0.05, 0) is 38.2 Å². The minimum Gasteiger partial charge on any atom is -0.494 e. The molecule has 22 heavy (non-hydrogen) atoms. The lowest BCUT2D eigenvalue weighted by Crippen LogP contribution is -2.11. The van der Waals surface area contributed by atoms with E-state index in [0.717, 1.165) is 31.1 Å². The lowest BCUT2D eigenvalue weighted by Gasteiger charge is -2.11. The fraction of sp³-hybridized carbons (Fsp3) is 0.353. The highest BCUT2D eigenvalue weighted by molar-refractivity contribution is 5.32. The second-order valence-electron chi connectivity index (χ2n) is 5.45. The maximum Gasteiger partial charge on any atom is 0.183 e. The molecule has 2 aromatic rings. The van der Waals surface area contributed by atoms with Gasteiger partial charge < -0.3 is 19.9 Å². The molecular weight excluding hydrogens is 278 g/mol. The van der Waals surface area contributed by atoms with Gasteiger partial charge in [-0.3, -0.25) is 4.79 Å². The van der Waals surface area contributed by atoms with E-state index in [2.05, 4.69) is 41.4 Å². The van der Waals surface area contributed by atoms with Crippen LogP contribution >= 0.6 is 0 Å². The van der Waals surface area contributed by atoms with Crippen LogP contribution in [0.25, 0.3) is 0 Å². The second kappa shape index (κ2) is 8.24. The number of aromatic nitrogens is 1. The maximum atomic E-state index is 11.2. The number of hydrogen-bond acceptors (Lipinski definition) is 4. The number of nitrogens with zero attached hydrogens (tertiary/aromatic N) is 1. The lowest BCUT2D eigenvalue weighted by molar-refractivity contribution is 0.314. The lowest BCUT2D eigenvalue weighted by atomic mass is 10.2. The van der Waals surface area contributed by atoms with Gasteiger partial charge in [-0.1, -0.05) is 12.1 Å². The van der Waals surface area contributed by atoms with Crippen LogP contribution in [0.1, 0.15) is 12.0 Å². The predicted octanol–water partition coefficient (Wildman–Crippen LogP) is 2.32. The van der Waals surface area contributed by atoms with Gasteiger partial charge in [0.05, 0.1) is 6.61 Å². The Hall–Kier alpha value is -2.27. The molecule has 0 aliphatic carbocycles. The third-order valence-electron chi connectivity index (χ3n) is 3.10. The molecule has 5 heteroatoms. The van der Waals surface area contributed by atoms with Gasteiger partial charge in [-0.2, -0.15) is 0 Å². The molecule has 0 atom stereocenters. The molecule has 0 radical (unpaired) electrons. The molecule has 0 aliphatic rings. The van der Waals surface area contributed by atoms with Crippen LogP contribution in [-0.4, -0.2) is 37.1 Å². The number of anilines is 1. The molecule has 0 bridgehead atoms. The molecule has 1 aromatic carbocycles. The Bertz CT molecular complexity index is 620. The maximum absolute atomic E-state index is 11.2. The quantitative estimate of drug-likeness (QED) is 0.735. The third kappa shape index (κ3) is 5.61. The molecule has 0 amide bonds. The van der Waals surface area contributed by atoms with E-state index in [9.17, 15) is 4.79 Å². The predicted molar refractivity (Wildman–Crippen MR) is 89.5 cm³/mol. The highest BCUT2D eigenvalue weighted by atomic mass is 16.5. The first-order valence-corrected chi connectivity index (χ1v) is 7.42. The molecule has 0 spiro atoms. The van der Waals surface area contributed by atoms with Gasteiger partial charge >= 0.3 is 0 Å². The van der Waals surface area contributed by atoms with Gasteiger partial charge in [0.2, 0.25) is 0 Å². The number of ether oxygens (including phenoxy) is 1. The number of rotatable bonds is 8. The van der Waals surface area contributed by atoms with Crippen LogP contribution in [0, 0.1) is 0 Å². The molecule has 0 unspecified atom stereocenters. The largest absolute Gasteiger partial charge is 0.494 e. The molecule has 0 aliphatic heterocycles. The summed E-state index contributed by atoms with van der Waals surface area (Å²) in [6.45, 7) is 2.31. The zero-order valence-electron chi connectivity index (χ0n) is 13.1. The first-order valence-electron chi connectivity index (χ1n) is 7.42. The van der Waals surface area contributed by atoms with E-state index in [1.807, 2.05) is 12.1 Å². The van der Waals surface area contributed by atoms with Gasteiger partial charge in [0.25, 0.3) is 0 Å². The minimum atomic E-state index is -0.00434. The van der Waals surface area contributed by atoms with Crippen molar-refractivity contribution in [3.63, 3.8) is 0 Å². The molecule has 1 aromatic heterocycles. The Balaban J connectivity index is 1.67. The number of nitrogens with one attached hydrogen (secondary N) is 2. The zero-order chi connectivity index (χ0) is 15.8. The fourth-order valence-corrected chi connectivity index (χ4v) is 2.09. The van der Waals surface area contributed by atoms with Crippen molar-refractivity contribution >= 4 is 5.82 Å². The zero-order valence-corrected chi connectivity index (χ0v) is 13.1. The summed E-state index contributed by atoms with van der Waals surface area (Å²) >= 11 is 0. The Labute approximate surface area is 130 Å². The van der Waals surface area contributed by atoms with Gasteiger partial charge in [0.1, 0.15) is 11.6 Å². The summed E-state index contributed by atoms with van der Waals surface area (Å²) in [6, 6.07) is 11.2. The smallest absolute Gasteiger partial charge is 0.183 e. The first-order chi connectivity index (χ1) is 10.6. The molecule has 0 saturated carbocycles. The van der Waals surface area contributed by atoms with Crippen LogP contribution in [0.2, 0.25) is 0 Å². The highest BCUT2D eigenvalue weighted by Gasteiger charge is 1.98. The van der Waals surface area contributed by atoms with Crippen LogP contribution in [0.15, 0.2) is 47.4 Å². The average Bonchev–Trinajstić information content (AvgIpc) is 2.48. The van der Waals surface area contributed by atoms with Gasteiger partial charge in [-0.25, -0.2) is 0 Å². The second-order valence-corrected chi connectivity index (χ2v) is 5.45. The molecular formula is C17H23N3O2. The Kier molecular flexibility index (Phi) is 6.03. The van der Waals surface area contributed by atoms with Crippen LogP contribution in [-0.2, 0) is 6.54 Å². The number of pyridine rings is 1. The third-order valence-corrected chi connectivity index (χ3v) is 3.10. The minimum absolute atomic E-state index is 0.00434. The van der Waals surface area contributed by atoms with E-state index < -0.39 is 0 Å². The van der Waals surface area contributed by atoms with Crippen molar-refractivity contribution in [3.05, 3.63) is 58.4 Å². The summed E-state index contributed by atoms with van der Waals surface area (Å²) in [5, 5.41) is 3.16. The van der Waals surface area contributed by atoms with Crippen molar-refractivity contribution in [2.75, 3.05) is 32.6 Å². The Morgan fingerprint density at radius 3 is 2.64 bits per heavy atom. The summed E-state index contributed by atoms with van der Waals surface area (Å²) < 4.78 is 5.70. The van der Waals surface area contributed by atoms with Crippen LogP contribution in [0.3, 0.4) is 0 Å². The monoisotopic (exact) mass is 301 g/mol. The van der Waals surface area contributed by atoms with E-state index >= 15 is 0 Å². The normalized spacial score (nSPS) is 10.7. The summed E-state index contributed by atoms with van der Waals surface area (Å²) in [6.07, 6.45) is 2.49. The molecule has 0 fully saturated rings. The molecule has 0 saturated heterocycles. The summed E-state index contributed by atoms with van der Waals surface area (Å²) in [5.41, 5.74) is 1.27. The molecule has 2 N–H and O–H groups in total. The average molecular weight is 301 g/mol. The fourth-order valence-electron chi connectivity index (χ4n) is 2.09.